The summed E-state index contributed by atoms with van der Waals surface area (Å²) < 4.78 is 0. The van der Waals surface area contributed by atoms with Crippen molar-refractivity contribution < 1.29 is 106 Å². The van der Waals surface area contributed by atoms with E-state index in [1.54, 1.807) is 0 Å². The third kappa shape index (κ3) is 5290. The first-order valence-corrected chi connectivity index (χ1v) is 0.548. The predicted octanol–water partition coefficient (Wildman–Crippen LogP) is -16.4. The van der Waals surface area contributed by atoms with Crippen LogP contribution in [0.3, 0.4) is 0 Å². The summed E-state index contributed by atoms with van der Waals surface area (Å²) >= 11 is 0. The molecule has 0 rings (SSSR count). The summed E-state index contributed by atoms with van der Waals surface area (Å²) in [5.74, 6) is 0. The second kappa shape index (κ2) is 668. The van der Waals surface area contributed by atoms with Crippen LogP contribution in [0.15, 0.2) is 0 Å². The fourth-order valence-corrected chi connectivity index (χ4v) is 0. The van der Waals surface area contributed by atoms with Gasteiger partial charge in [-0.1, -0.05) is 0 Å². The molecular weight excluding hydrogens is 473 g/mol. The summed E-state index contributed by atoms with van der Waals surface area (Å²) in [5, 5.41) is 14.8. The van der Waals surface area contributed by atoms with E-state index in [0.717, 1.165) is 0 Å². The van der Waals surface area contributed by atoms with E-state index >= 15 is 0 Å². The predicted molar refractivity (Wildman–Crippen MR) is 99.2 cm³/mol. The van der Waals surface area contributed by atoms with Crippen LogP contribution >= 0.6 is 29.4 Å². The van der Waals surface area contributed by atoms with Gasteiger partial charge >= 0.3 is 65.0 Å². The molecule has 24 heteroatoms. The molecule has 30 N–H and O–H groups in total. The van der Waals surface area contributed by atoms with Gasteiger partial charge in [0.15, 0.2) is 0 Å². The number of halogens is 2. The van der Waals surface area contributed by atoms with E-state index in [9.17, 15) is 0 Å². The zero-order chi connectivity index (χ0) is 3.58. The molecule has 0 heterocycles. The van der Waals surface area contributed by atoms with Gasteiger partial charge in [-0.05, 0) is 0 Å². The maximum Gasteiger partial charge on any atom is 1.00 e. The van der Waals surface area contributed by atoms with Gasteiger partial charge in [0, 0.05) is 0 Å². The van der Waals surface area contributed by atoms with E-state index in [0.29, 0.717) is 0 Å². The first-order chi connectivity index (χ1) is 1.73. The van der Waals surface area contributed by atoms with E-state index in [4.69, 9.17) is 15.3 Å². The molecule has 0 atom stereocenters. The molecule has 0 unspecified atom stereocenters. The zero-order valence-electron chi connectivity index (χ0n) is 11.0. The van der Waals surface area contributed by atoms with Gasteiger partial charge in [-0.2, -0.15) is 0 Å². The second-order valence-electron chi connectivity index (χ2n) is 0.224. The fraction of sp³-hybridized carbons (Fsp3) is 0. The van der Waals surface area contributed by atoms with Gasteiger partial charge in [-0.15, -0.1) is 29.4 Å². The molecule has 0 aliphatic rings. The molecule has 0 bridgehead atoms. The molecule has 24 heavy (non-hydrogen) atoms. The van der Waals surface area contributed by atoms with Crippen LogP contribution in [0.4, 0.5) is 0 Å². The third-order valence-electron chi connectivity index (χ3n) is 0. The van der Waals surface area contributed by atoms with Crippen molar-refractivity contribution in [1.29, 1.82) is 0 Å². The molecular formula is H36BrClLiMg2NO18. The molecule has 168 valence electrons. The van der Waals surface area contributed by atoms with Crippen LogP contribution in [0.2, 0.25) is 0 Å². The molecule has 0 spiro atoms. The molecule has 0 saturated carbocycles. The largest absolute Gasteiger partial charge is 1.00 e. The van der Waals surface area contributed by atoms with Gasteiger partial charge in [-0.3, -0.25) is 0 Å². The van der Waals surface area contributed by atoms with Crippen LogP contribution in [0.5, 0.6) is 0 Å². The second-order valence-corrected chi connectivity index (χ2v) is 0.224. The Kier molecular flexibility index (Phi) is 21000. The van der Waals surface area contributed by atoms with Crippen molar-refractivity contribution in [3.05, 3.63) is 15.3 Å². The van der Waals surface area contributed by atoms with Crippen molar-refractivity contribution in [1.82, 2.24) is 0 Å². The van der Waals surface area contributed by atoms with Gasteiger partial charge in [0.05, 0.1) is 5.09 Å². The molecule has 0 amide bonds. The monoisotopic (exact) mass is 507 g/mol. The third-order valence-corrected chi connectivity index (χ3v) is 0. The molecule has 0 fully saturated rings. The summed E-state index contributed by atoms with van der Waals surface area (Å²) in [7, 11) is 0. The quantitative estimate of drug-likeness (QED) is 0.174. The maximum atomic E-state index is 8.25. The summed E-state index contributed by atoms with van der Waals surface area (Å²) in [4.78, 5) is 8.25. The van der Waals surface area contributed by atoms with Crippen molar-refractivity contribution in [2.75, 3.05) is 0 Å². The topological polar surface area (TPSA) is 539 Å². The normalized spacial score (nSPS) is 1.00. The van der Waals surface area contributed by atoms with Crippen LogP contribution in [0.25, 0.3) is 0 Å². The van der Waals surface area contributed by atoms with E-state index in [1.165, 1.54) is 0 Å². The number of rotatable bonds is 0. The summed E-state index contributed by atoms with van der Waals surface area (Å²) in [6.07, 6.45) is 0. The van der Waals surface area contributed by atoms with Gasteiger partial charge in [0.1, 0.15) is 0 Å². The average Bonchev–Trinajstić information content (AvgIpc) is 0.811. The van der Waals surface area contributed by atoms with E-state index in [1.807, 2.05) is 0 Å². The van der Waals surface area contributed by atoms with E-state index in [-0.39, 0.29) is 176 Å². The van der Waals surface area contributed by atoms with E-state index in [2.05, 4.69) is 0 Å². The van der Waals surface area contributed by atoms with Crippen LogP contribution in [-0.4, -0.2) is 133 Å². The van der Waals surface area contributed by atoms with Gasteiger partial charge in [0.2, 0.25) is 0 Å². The Morgan fingerprint density at radius 2 is 0.458 bits per heavy atom. The molecule has 0 aromatic carbocycles. The smallest absolute Gasteiger partial charge is 0.412 e. The maximum absolute atomic E-state index is 8.25. The number of hydrogen-bond donors (Lipinski definition) is 0. The van der Waals surface area contributed by atoms with Gasteiger partial charge in [0.25, 0.3) is 0 Å². The molecule has 0 aliphatic heterocycles. The number of nitrogens with zero attached hydrogens (tertiary/aromatic N) is 1. The minimum atomic E-state index is -1.75. The standard InChI is InChI=1S/BrH.ClH.Li.2Mg.NO3.15H2O.4H/c;;;;;2-1(3)4;;;;;;;;;;;;;;;;;;;/h2*1H;;;;;15*1H2;;;;/q;;+1;;;-1;;;;;;;;;;;;;;;;;;;. The Hall–Kier alpha value is 1.50. The van der Waals surface area contributed by atoms with Crippen molar-refractivity contribution in [3.8, 4) is 0 Å². The first kappa shape index (κ1) is 756. The van der Waals surface area contributed by atoms with Gasteiger partial charge in [-0.25, -0.2) is 0 Å². The Morgan fingerprint density at radius 1 is 0.458 bits per heavy atom. The van der Waals surface area contributed by atoms with Gasteiger partial charge < -0.3 is 97.5 Å². The summed E-state index contributed by atoms with van der Waals surface area (Å²) in [6, 6.07) is 0. The van der Waals surface area contributed by atoms with Crippen molar-refractivity contribution in [2.45, 2.75) is 0 Å². The van der Waals surface area contributed by atoms with Crippen LogP contribution in [-0.2, 0) is 0 Å². The molecule has 0 aromatic rings. The molecule has 0 radical (unpaired) electrons. The Labute approximate surface area is 195 Å². The summed E-state index contributed by atoms with van der Waals surface area (Å²) in [5.41, 5.74) is 0. The zero-order valence-corrected chi connectivity index (χ0v) is 13.5. The minimum absolute atomic E-state index is 0. The van der Waals surface area contributed by atoms with Crippen molar-refractivity contribution >= 4 is 75.5 Å². The Balaban J connectivity index is -0.000000000237. The van der Waals surface area contributed by atoms with Crippen LogP contribution in [0, 0.1) is 15.3 Å². The Bertz CT molecular complexity index is 56.0. The van der Waals surface area contributed by atoms with Crippen LogP contribution in [0.1, 0.15) is 0 Å². The number of hydrogen-bond acceptors (Lipinski definition) is 3. The van der Waals surface area contributed by atoms with Crippen molar-refractivity contribution in [2.24, 2.45) is 0 Å². The van der Waals surface area contributed by atoms with E-state index < -0.39 is 5.09 Å². The fourth-order valence-electron chi connectivity index (χ4n) is 0. The summed E-state index contributed by atoms with van der Waals surface area (Å²) in [6.45, 7) is 0. The van der Waals surface area contributed by atoms with Crippen LogP contribution < -0.4 is 18.9 Å². The molecule has 0 saturated heterocycles. The Morgan fingerprint density at radius 3 is 0.458 bits per heavy atom. The average molecular weight is 509 g/mol. The minimum Gasteiger partial charge on any atom is -0.412 e. The SMILES string of the molecule is Br.Cl.O.O.O.O.O.O.O.O.O.O.O.O.O.O.O.O=[N+]([O-])[O-].[Li+].[MgH2].[MgH2]. The molecule has 19 nitrogen and oxygen atoms in total. The molecule has 0 aliphatic carbocycles. The molecule has 0 aromatic heterocycles. The van der Waals surface area contributed by atoms with Crippen molar-refractivity contribution in [3.63, 3.8) is 0 Å². The first-order valence-electron chi connectivity index (χ1n) is 0.548.